The zero-order valence-corrected chi connectivity index (χ0v) is 15.6. The number of hydrogen-bond donors (Lipinski definition) is 0. The average molecular weight is 321 g/mol. The lowest BCUT2D eigenvalue weighted by molar-refractivity contribution is 0.0936. The Morgan fingerprint density at radius 2 is 1.26 bits per heavy atom. The number of ether oxygens (including phenoxy) is 1. The molecule has 2 fully saturated rings. The Morgan fingerprint density at radius 1 is 0.783 bits per heavy atom. The molecule has 0 heterocycles. The van der Waals surface area contributed by atoms with Crippen LogP contribution in [0.25, 0.3) is 0 Å². The third kappa shape index (κ3) is 7.42. The molecule has 0 unspecified atom stereocenters. The Balaban J connectivity index is 1.51. The monoisotopic (exact) mass is 320 g/mol. The van der Waals surface area contributed by atoms with E-state index in [0.717, 1.165) is 36.9 Å². The Kier molecular flexibility index (Phi) is 9.34. The van der Waals surface area contributed by atoms with Crippen molar-refractivity contribution in [2.75, 3.05) is 13.2 Å². The summed E-state index contributed by atoms with van der Waals surface area (Å²) in [7, 11) is 0. The van der Waals surface area contributed by atoms with Gasteiger partial charge in [-0.2, -0.15) is 0 Å². The summed E-state index contributed by atoms with van der Waals surface area (Å²) in [6.45, 7) is 7.73. The summed E-state index contributed by atoms with van der Waals surface area (Å²) in [5.41, 5.74) is 0. The molecule has 23 heavy (non-hydrogen) atoms. The van der Waals surface area contributed by atoms with Crippen LogP contribution in [0.1, 0.15) is 90.4 Å². The minimum Gasteiger partial charge on any atom is -0.377 e. The highest BCUT2D eigenvalue weighted by Gasteiger charge is 2.24. The standard InChI is InChI=1S/C22H40O/c1-3-5-6-19-7-9-20(10-8-19)11-12-21-13-15-22(16-14-21)18-23-17-4-2/h4,19-22H,2-3,5-18H2,1H3/t19-,20-,21-,22-. The van der Waals surface area contributed by atoms with Crippen LogP contribution in [-0.2, 0) is 4.74 Å². The molecule has 0 spiro atoms. The first-order valence-corrected chi connectivity index (χ1v) is 10.5. The zero-order valence-electron chi connectivity index (χ0n) is 15.6. The van der Waals surface area contributed by atoms with Gasteiger partial charge in [-0.3, -0.25) is 0 Å². The predicted octanol–water partition coefficient (Wildman–Crippen LogP) is 6.77. The Hall–Kier alpha value is -0.300. The van der Waals surface area contributed by atoms with Gasteiger partial charge in [-0.15, -0.1) is 6.58 Å². The highest BCUT2D eigenvalue weighted by Crippen LogP contribution is 2.37. The van der Waals surface area contributed by atoms with Crippen molar-refractivity contribution in [2.24, 2.45) is 23.7 Å². The first kappa shape index (κ1) is 19.0. The maximum atomic E-state index is 5.63. The molecule has 134 valence electrons. The van der Waals surface area contributed by atoms with Crippen LogP contribution in [0, 0.1) is 23.7 Å². The van der Waals surface area contributed by atoms with Crippen LogP contribution >= 0.6 is 0 Å². The number of hydrogen-bond acceptors (Lipinski definition) is 1. The van der Waals surface area contributed by atoms with Gasteiger partial charge < -0.3 is 4.74 Å². The van der Waals surface area contributed by atoms with E-state index in [1.54, 1.807) is 0 Å². The summed E-state index contributed by atoms with van der Waals surface area (Å²) < 4.78 is 5.63. The van der Waals surface area contributed by atoms with Crippen LogP contribution in [0.5, 0.6) is 0 Å². The molecule has 1 nitrogen and oxygen atoms in total. The number of rotatable bonds is 10. The lowest BCUT2D eigenvalue weighted by Gasteiger charge is -2.32. The van der Waals surface area contributed by atoms with Crippen molar-refractivity contribution in [3.8, 4) is 0 Å². The second-order valence-electron chi connectivity index (χ2n) is 8.32. The summed E-state index contributed by atoms with van der Waals surface area (Å²) in [6, 6.07) is 0. The molecule has 0 aromatic rings. The van der Waals surface area contributed by atoms with Crippen molar-refractivity contribution in [1.29, 1.82) is 0 Å². The van der Waals surface area contributed by atoms with Crippen LogP contribution in [0.15, 0.2) is 12.7 Å². The van der Waals surface area contributed by atoms with Crippen LogP contribution in [0.3, 0.4) is 0 Å². The summed E-state index contributed by atoms with van der Waals surface area (Å²) in [5, 5.41) is 0. The van der Waals surface area contributed by atoms with Crippen LogP contribution in [-0.4, -0.2) is 13.2 Å². The van der Waals surface area contributed by atoms with E-state index < -0.39 is 0 Å². The molecular formula is C22H40O. The fourth-order valence-corrected chi connectivity index (χ4v) is 4.78. The molecule has 2 aliphatic rings. The van der Waals surface area contributed by atoms with E-state index in [4.69, 9.17) is 4.74 Å². The summed E-state index contributed by atoms with van der Waals surface area (Å²) in [5.74, 6) is 3.96. The molecule has 0 N–H and O–H groups in total. The molecule has 1 heteroatoms. The Labute approximate surface area is 145 Å². The van der Waals surface area contributed by atoms with E-state index >= 15 is 0 Å². The summed E-state index contributed by atoms with van der Waals surface area (Å²) >= 11 is 0. The van der Waals surface area contributed by atoms with Crippen molar-refractivity contribution in [1.82, 2.24) is 0 Å². The van der Waals surface area contributed by atoms with Gasteiger partial charge in [-0.05, 0) is 36.5 Å². The maximum absolute atomic E-state index is 5.63. The molecule has 0 saturated heterocycles. The van der Waals surface area contributed by atoms with E-state index in [9.17, 15) is 0 Å². The van der Waals surface area contributed by atoms with E-state index in [1.807, 2.05) is 6.08 Å². The number of unbranched alkanes of at least 4 members (excludes halogenated alkanes) is 1. The van der Waals surface area contributed by atoms with Gasteiger partial charge in [0.05, 0.1) is 6.61 Å². The fourth-order valence-electron chi connectivity index (χ4n) is 4.78. The topological polar surface area (TPSA) is 9.23 Å². The van der Waals surface area contributed by atoms with E-state index in [-0.39, 0.29) is 0 Å². The van der Waals surface area contributed by atoms with Gasteiger partial charge in [0.2, 0.25) is 0 Å². The van der Waals surface area contributed by atoms with E-state index in [1.165, 1.54) is 83.5 Å². The smallest absolute Gasteiger partial charge is 0.0644 e. The van der Waals surface area contributed by atoms with Gasteiger partial charge in [0.15, 0.2) is 0 Å². The minimum atomic E-state index is 0.723. The third-order valence-corrected chi connectivity index (χ3v) is 6.47. The fraction of sp³-hybridized carbons (Fsp3) is 0.909. The van der Waals surface area contributed by atoms with Crippen molar-refractivity contribution < 1.29 is 4.74 Å². The molecule has 0 aromatic heterocycles. The summed E-state index contributed by atoms with van der Waals surface area (Å²) in [4.78, 5) is 0. The minimum absolute atomic E-state index is 0.723. The van der Waals surface area contributed by atoms with Gasteiger partial charge in [0.25, 0.3) is 0 Å². The van der Waals surface area contributed by atoms with Crippen molar-refractivity contribution >= 4 is 0 Å². The van der Waals surface area contributed by atoms with Crippen LogP contribution in [0.2, 0.25) is 0 Å². The van der Waals surface area contributed by atoms with Crippen molar-refractivity contribution in [3.63, 3.8) is 0 Å². The molecule has 0 aromatic carbocycles. The van der Waals surface area contributed by atoms with Crippen LogP contribution in [0.4, 0.5) is 0 Å². The lowest BCUT2D eigenvalue weighted by atomic mass is 9.75. The molecule has 0 bridgehead atoms. The van der Waals surface area contributed by atoms with Gasteiger partial charge in [0.1, 0.15) is 0 Å². The van der Waals surface area contributed by atoms with Gasteiger partial charge >= 0.3 is 0 Å². The second kappa shape index (κ2) is 11.3. The molecule has 0 atom stereocenters. The highest BCUT2D eigenvalue weighted by molar-refractivity contribution is 4.77. The first-order chi connectivity index (χ1) is 11.3. The largest absolute Gasteiger partial charge is 0.377 e. The van der Waals surface area contributed by atoms with Crippen LogP contribution < -0.4 is 0 Å². The molecule has 2 saturated carbocycles. The van der Waals surface area contributed by atoms with Crippen molar-refractivity contribution in [2.45, 2.75) is 90.4 Å². The van der Waals surface area contributed by atoms with E-state index in [0.29, 0.717) is 0 Å². The maximum Gasteiger partial charge on any atom is 0.0644 e. The van der Waals surface area contributed by atoms with Gasteiger partial charge in [0, 0.05) is 6.61 Å². The molecular weight excluding hydrogens is 280 g/mol. The molecule has 0 radical (unpaired) electrons. The average Bonchev–Trinajstić information content (AvgIpc) is 2.60. The van der Waals surface area contributed by atoms with Gasteiger partial charge in [-0.25, -0.2) is 0 Å². The van der Waals surface area contributed by atoms with E-state index in [2.05, 4.69) is 13.5 Å². The van der Waals surface area contributed by atoms with Gasteiger partial charge in [-0.1, -0.05) is 83.6 Å². The Morgan fingerprint density at radius 3 is 1.74 bits per heavy atom. The SMILES string of the molecule is C=CCOC[C@H]1CC[C@H](CC[C@H]2CC[C@H](CCCC)CC2)CC1. The molecule has 0 aliphatic heterocycles. The molecule has 0 amide bonds. The second-order valence-corrected chi connectivity index (χ2v) is 8.32. The third-order valence-electron chi connectivity index (χ3n) is 6.47. The molecule has 2 aliphatic carbocycles. The quantitative estimate of drug-likeness (QED) is 0.319. The summed E-state index contributed by atoms with van der Waals surface area (Å²) in [6.07, 6.45) is 21.0. The molecule has 2 rings (SSSR count). The Bertz CT molecular complexity index is 295. The highest BCUT2D eigenvalue weighted by atomic mass is 16.5. The predicted molar refractivity (Wildman–Crippen MR) is 101 cm³/mol. The first-order valence-electron chi connectivity index (χ1n) is 10.5. The van der Waals surface area contributed by atoms with Crippen molar-refractivity contribution in [3.05, 3.63) is 12.7 Å². The lowest BCUT2D eigenvalue weighted by Crippen LogP contribution is -2.20. The normalized spacial score (nSPS) is 31.9. The zero-order chi connectivity index (χ0) is 16.3.